The number of nitrogens with one attached hydrogen (secondary N) is 1. The number of nitrogens with zero attached hydrogens (tertiary/aromatic N) is 2. The smallest absolute Gasteiger partial charge is 0.255 e. The fraction of sp³-hybridized carbons (Fsp3) is 0.115. The molecule has 158 valence electrons. The number of aryl methyl sites for hydroxylation is 2. The molecular formula is C26H21N3O3. The summed E-state index contributed by atoms with van der Waals surface area (Å²) in [5.74, 6) is 7.27. The van der Waals surface area contributed by atoms with Gasteiger partial charge in [-0.3, -0.25) is 4.79 Å². The van der Waals surface area contributed by atoms with Gasteiger partial charge in [-0.15, -0.1) is 0 Å². The zero-order chi connectivity index (χ0) is 22.3. The third kappa shape index (κ3) is 5.21. The Kier molecular flexibility index (Phi) is 6.28. The van der Waals surface area contributed by atoms with Crippen molar-refractivity contribution >= 4 is 11.6 Å². The average Bonchev–Trinajstić information content (AvgIpc) is 3.14. The van der Waals surface area contributed by atoms with Crippen LogP contribution in [0.5, 0.6) is 5.75 Å². The molecule has 32 heavy (non-hydrogen) atoms. The standard InChI is InChI=1S/C26H21N3O3/c1-18-25(19(2)32-29-18)17-31-24-13-10-21(11-14-24)26(30)28-23-8-5-6-20(16-23)9-12-22-7-3-4-15-27-22/h3-8,10-11,13-16H,17H2,1-2H3,(H,28,30). The topological polar surface area (TPSA) is 77.2 Å². The maximum atomic E-state index is 12.6. The van der Waals surface area contributed by atoms with Crippen molar-refractivity contribution in [3.63, 3.8) is 0 Å². The number of anilines is 1. The fourth-order valence-electron chi connectivity index (χ4n) is 3.02. The van der Waals surface area contributed by atoms with Crippen LogP contribution >= 0.6 is 0 Å². The summed E-state index contributed by atoms with van der Waals surface area (Å²) in [6, 6.07) is 20.0. The Morgan fingerprint density at radius 3 is 2.59 bits per heavy atom. The van der Waals surface area contributed by atoms with Gasteiger partial charge in [-0.1, -0.05) is 23.2 Å². The van der Waals surface area contributed by atoms with Crippen molar-refractivity contribution in [1.29, 1.82) is 0 Å². The van der Waals surface area contributed by atoms with Gasteiger partial charge < -0.3 is 14.6 Å². The van der Waals surface area contributed by atoms with Crippen molar-refractivity contribution < 1.29 is 14.1 Å². The van der Waals surface area contributed by atoms with Gasteiger partial charge in [0.05, 0.1) is 11.3 Å². The highest BCUT2D eigenvalue weighted by atomic mass is 16.5. The van der Waals surface area contributed by atoms with Crippen molar-refractivity contribution in [2.75, 3.05) is 5.32 Å². The number of ether oxygens (including phenoxy) is 1. The van der Waals surface area contributed by atoms with E-state index in [-0.39, 0.29) is 5.91 Å². The summed E-state index contributed by atoms with van der Waals surface area (Å²) in [7, 11) is 0. The van der Waals surface area contributed by atoms with Crippen LogP contribution in [0, 0.1) is 25.7 Å². The zero-order valence-electron chi connectivity index (χ0n) is 17.8. The van der Waals surface area contributed by atoms with Crippen LogP contribution in [0.15, 0.2) is 77.4 Å². The number of benzene rings is 2. The Bertz CT molecular complexity index is 1260. The van der Waals surface area contributed by atoms with E-state index in [4.69, 9.17) is 9.26 Å². The molecule has 2 heterocycles. The van der Waals surface area contributed by atoms with E-state index < -0.39 is 0 Å². The summed E-state index contributed by atoms with van der Waals surface area (Å²) < 4.78 is 10.9. The lowest BCUT2D eigenvalue weighted by atomic mass is 10.1. The molecule has 0 bridgehead atoms. The van der Waals surface area contributed by atoms with E-state index in [0.717, 1.165) is 22.6 Å². The van der Waals surface area contributed by atoms with E-state index in [9.17, 15) is 4.79 Å². The van der Waals surface area contributed by atoms with Crippen LogP contribution in [0.2, 0.25) is 0 Å². The highest BCUT2D eigenvalue weighted by molar-refractivity contribution is 6.04. The van der Waals surface area contributed by atoms with Crippen LogP contribution in [0.4, 0.5) is 5.69 Å². The molecule has 6 nitrogen and oxygen atoms in total. The third-order valence-corrected chi connectivity index (χ3v) is 4.80. The molecule has 4 aromatic rings. The first-order chi connectivity index (χ1) is 15.6. The Labute approximate surface area is 186 Å². The Balaban J connectivity index is 1.38. The highest BCUT2D eigenvalue weighted by Crippen LogP contribution is 2.19. The van der Waals surface area contributed by atoms with Crippen molar-refractivity contribution in [3.8, 4) is 17.6 Å². The summed E-state index contributed by atoms with van der Waals surface area (Å²) in [6.07, 6.45) is 1.70. The molecule has 0 aliphatic rings. The van der Waals surface area contributed by atoms with Crippen LogP contribution in [-0.2, 0) is 6.61 Å². The van der Waals surface area contributed by atoms with Crippen LogP contribution in [0.1, 0.15) is 38.6 Å². The molecule has 0 radical (unpaired) electrons. The molecule has 4 rings (SSSR count). The van der Waals surface area contributed by atoms with Gasteiger partial charge in [0.2, 0.25) is 0 Å². The summed E-state index contributed by atoms with van der Waals surface area (Å²) in [5, 5.41) is 6.82. The molecule has 0 spiro atoms. The first-order valence-electron chi connectivity index (χ1n) is 10.1. The molecular weight excluding hydrogens is 402 g/mol. The molecule has 0 atom stereocenters. The second-order valence-electron chi connectivity index (χ2n) is 7.12. The maximum absolute atomic E-state index is 12.6. The fourth-order valence-corrected chi connectivity index (χ4v) is 3.02. The average molecular weight is 423 g/mol. The maximum Gasteiger partial charge on any atom is 0.255 e. The molecule has 6 heteroatoms. The number of carbonyl (C=O) groups is 1. The molecule has 2 aromatic carbocycles. The third-order valence-electron chi connectivity index (χ3n) is 4.80. The second kappa shape index (κ2) is 9.63. The van der Waals surface area contributed by atoms with E-state index in [1.165, 1.54) is 0 Å². The van der Waals surface area contributed by atoms with Crippen molar-refractivity contribution in [3.05, 3.63) is 107 Å². The van der Waals surface area contributed by atoms with Crippen molar-refractivity contribution in [2.24, 2.45) is 0 Å². The molecule has 2 aromatic heterocycles. The lowest BCUT2D eigenvalue weighted by molar-refractivity contribution is 0.102. The molecule has 0 aliphatic heterocycles. The predicted molar refractivity (Wildman–Crippen MR) is 121 cm³/mol. The van der Waals surface area contributed by atoms with Gasteiger partial charge in [-0.25, -0.2) is 4.98 Å². The van der Waals surface area contributed by atoms with Gasteiger partial charge in [0.15, 0.2) is 0 Å². The molecule has 0 saturated carbocycles. The number of carbonyl (C=O) groups excluding carboxylic acids is 1. The van der Waals surface area contributed by atoms with E-state index in [1.54, 1.807) is 30.5 Å². The number of pyridine rings is 1. The minimum Gasteiger partial charge on any atom is -0.489 e. The number of amides is 1. The van der Waals surface area contributed by atoms with Gasteiger partial charge in [-0.05, 0) is 74.4 Å². The predicted octanol–water partition coefficient (Wildman–Crippen LogP) is 4.92. The number of hydrogen-bond donors (Lipinski definition) is 1. The zero-order valence-corrected chi connectivity index (χ0v) is 17.8. The second-order valence-corrected chi connectivity index (χ2v) is 7.12. The van der Waals surface area contributed by atoms with E-state index >= 15 is 0 Å². The SMILES string of the molecule is Cc1noc(C)c1COc1ccc(C(=O)Nc2cccc(C#Cc3ccccn3)c2)cc1. The molecule has 1 amide bonds. The largest absolute Gasteiger partial charge is 0.489 e. The lowest BCUT2D eigenvalue weighted by Gasteiger charge is -2.08. The molecule has 0 saturated heterocycles. The molecule has 0 fully saturated rings. The summed E-state index contributed by atoms with van der Waals surface area (Å²) in [4.78, 5) is 16.8. The molecule has 0 unspecified atom stereocenters. The monoisotopic (exact) mass is 423 g/mol. The summed E-state index contributed by atoms with van der Waals surface area (Å²) in [6.45, 7) is 4.09. The Morgan fingerprint density at radius 1 is 1.03 bits per heavy atom. The summed E-state index contributed by atoms with van der Waals surface area (Å²) >= 11 is 0. The van der Waals surface area contributed by atoms with Gasteiger partial charge in [-0.2, -0.15) is 0 Å². The van der Waals surface area contributed by atoms with Crippen LogP contribution in [0.25, 0.3) is 0 Å². The summed E-state index contributed by atoms with van der Waals surface area (Å²) in [5.41, 5.74) is 4.42. The quantitative estimate of drug-likeness (QED) is 0.461. The first-order valence-corrected chi connectivity index (χ1v) is 10.1. The van der Waals surface area contributed by atoms with E-state index in [2.05, 4.69) is 27.3 Å². The van der Waals surface area contributed by atoms with Crippen LogP contribution in [-0.4, -0.2) is 16.0 Å². The normalized spacial score (nSPS) is 10.2. The lowest BCUT2D eigenvalue weighted by Crippen LogP contribution is -2.11. The van der Waals surface area contributed by atoms with Gasteiger partial charge in [0.1, 0.15) is 23.8 Å². The minimum atomic E-state index is -0.211. The van der Waals surface area contributed by atoms with Crippen molar-refractivity contribution in [1.82, 2.24) is 10.1 Å². The number of hydrogen-bond acceptors (Lipinski definition) is 5. The number of rotatable bonds is 5. The first kappa shape index (κ1) is 20.9. The minimum absolute atomic E-state index is 0.211. The Hall–Kier alpha value is -4.37. The van der Waals surface area contributed by atoms with Gasteiger partial charge in [0, 0.05) is 23.0 Å². The van der Waals surface area contributed by atoms with E-state index in [1.807, 2.05) is 56.3 Å². The van der Waals surface area contributed by atoms with Gasteiger partial charge in [0.25, 0.3) is 5.91 Å². The van der Waals surface area contributed by atoms with Crippen LogP contribution < -0.4 is 10.1 Å². The van der Waals surface area contributed by atoms with Crippen molar-refractivity contribution in [2.45, 2.75) is 20.5 Å². The van der Waals surface area contributed by atoms with E-state index in [0.29, 0.717) is 29.3 Å². The highest BCUT2D eigenvalue weighted by Gasteiger charge is 2.10. The molecule has 0 aliphatic carbocycles. The Morgan fingerprint density at radius 2 is 1.88 bits per heavy atom. The number of aromatic nitrogens is 2. The molecule has 1 N–H and O–H groups in total. The van der Waals surface area contributed by atoms with Gasteiger partial charge >= 0.3 is 0 Å². The van der Waals surface area contributed by atoms with Crippen LogP contribution in [0.3, 0.4) is 0 Å².